The Morgan fingerprint density at radius 2 is 1.93 bits per heavy atom. The SMILES string of the molecule is Fc1cc2c(c(C(F)(F)F)c1)CCNC2. The van der Waals surface area contributed by atoms with Crippen LogP contribution in [0.1, 0.15) is 16.7 Å². The summed E-state index contributed by atoms with van der Waals surface area (Å²) in [6.07, 6.45) is -4.17. The predicted molar refractivity (Wildman–Crippen MR) is 46.8 cm³/mol. The van der Waals surface area contributed by atoms with Gasteiger partial charge in [0.15, 0.2) is 0 Å². The summed E-state index contributed by atoms with van der Waals surface area (Å²) in [5.74, 6) is -0.829. The molecule has 0 atom stereocenters. The molecule has 0 amide bonds. The molecule has 1 nitrogen and oxygen atoms in total. The zero-order valence-corrected chi connectivity index (χ0v) is 7.79. The van der Waals surface area contributed by atoms with Crippen LogP contribution in [0, 0.1) is 5.82 Å². The number of benzene rings is 1. The fourth-order valence-electron chi connectivity index (χ4n) is 1.84. The van der Waals surface area contributed by atoms with E-state index in [1.165, 1.54) is 0 Å². The van der Waals surface area contributed by atoms with E-state index in [0.29, 0.717) is 31.1 Å². The minimum atomic E-state index is -4.47. The average Bonchev–Trinajstić information content (AvgIpc) is 2.15. The number of alkyl halides is 3. The molecule has 0 saturated heterocycles. The lowest BCUT2D eigenvalue weighted by molar-refractivity contribution is -0.138. The lowest BCUT2D eigenvalue weighted by Crippen LogP contribution is -2.26. The molecule has 1 aliphatic heterocycles. The summed E-state index contributed by atoms with van der Waals surface area (Å²) in [7, 11) is 0. The van der Waals surface area contributed by atoms with Gasteiger partial charge in [-0.3, -0.25) is 0 Å². The summed E-state index contributed by atoms with van der Waals surface area (Å²) >= 11 is 0. The third-order valence-corrected chi connectivity index (χ3v) is 2.48. The van der Waals surface area contributed by atoms with Gasteiger partial charge in [-0.05, 0) is 36.2 Å². The number of rotatable bonds is 0. The van der Waals surface area contributed by atoms with Crippen molar-refractivity contribution in [2.75, 3.05) is 6.54 Å². The molecule has 0 radical (unpaired) electrons. The van der Waals surface area contributed by atoms with Crippen LogP contribution in [0.25, 0.3) is 0 Å². The van der Waals surface area contributed by atoms with Crippen LogP contribution in [0.3, 0.4) is 0 Å². The topological polar surface area (TPSA) is 12.0 Å². The molecule has 0 fully saturated rings. The monoisotopic (exact) mass is 219 g/mol. The Morgan fingerprint density at radius 1 is 1.20 bits per heavy atom. The number of hydrogen-bond donors (Lipinski definition) is 1. The molecule has 15 heavy (non-hydrogen) atoms. The van der Waals surface area contributed by atoms with Gasteiger partial charge in [-0.2, -0.15) is 13.2 Å². The Hall–Kier alpha value is -1.10. The molecule has 0 aromatic heterocycles. The Morgan fingerprint density at radius 3 is 2.60 bits per heavy atom. The third-order valence-electron chi connectivity index (χ3n) is 2.48. The predicted octanol–water partition coefficient (Wildman–Crippen LogP) is 2.49. The Balaban J connectivity index is 2.58. The normalized spacial score (nSPS) is 16.3. The van der Waals surface area contributed by atoms with Crippen molar-refractivity contribution in [2.45, 2.75) is 19.1 Å². The van der Waals surface area contributed by atoms with Gasteiger partial charge in [0.05, 0.1) is 5.56 Å². The molecule has 5 heteroatoms. The van der Waals surface area contributed by atoms with Crippen LogP contribution < -0.4 is 5.32 Å². The summed E-state index contributed by atoms with van der Waals surface area (Å²) in [6, 6.07) is 1.74. The highest BCUT2D eigenvalue weighted by Crippen LogP contribution is 2.35. The smallest absolute Gasteiger partial charge is 0.312 e. The third kappa shape index (κ3) is 1.97. The number of fused-ring (bicyclic) bond motifs is 1. The summed E-state index contributed by atoms with van der Waals surface area (Å²) in [6.45, 7) is 0.803. The van der Waals surface area contributed by atoms with Crippen molar-refractivity contribution in [1.29, 1.82) is 0 Å². The molecular formula is C10H9F4N. The minimum Gasteiger partial charge on any atom is -0.312 e. The van der Waals surface area contributed by atoms with Crippen LogP contribution in [0.4, 0.5) is 17.6 Å². The average molecular weight is 219 g/mol. The maximum absolute atomic E-state index is 13.0. The Bertz CT molecular complexity index is 384. The van der Waals surface area contributed by atoms with Crippen molar-refractivity contribution in [3.05, 3.63) is 34.6 Å². The highest BCUT2D eigenvalue weighted by molar-refractivity contribution is 5.39. The summed E-state index contributed by atoms with van der Waals surface area (Å²) in [5, 5.41) is 2.91. The first-order valence-electron chi connectivity index (χ1n) is 4.57. The largest absolute Gasteiger partial charge is 0.416 e. The zero-order valence-electron chi connectivity index (χ0n) is 7.79. The molecule has 0 aliphatic carbocycles. The van der Waals surface area contributed by atoms with E-state index in [-0.39, 0.29) is 5.56 Å². The van der Waals surface area contributed by atoms with Crippen LogP contribution >= 0.6 is 0 Å². The maximum Gasteiger partial charge on any atom is 0.416 e. The van der Waals surface area contributed by atoms with E-state index in [1.807, 2.05) is 0 Å². The first-order valence-corrected chi connectivity index (χ1v) is 4.57. The first kappa shape index (κ1) is 10.4. The molecule has 1 aliphatic rings. The fraction of sp³-hybridized carbons (Fsp3) is 0.400. The van der Waals surface area contributed by atoms with Gasteiger partial charge in [0.2, 0.25) is 0 Å². The lowest BCUT2D eigenvalue weighted by atomic mass is 9.95. The molecule has 0 bridgehead atoms. The van der Waals surface area contributed by atoms with Crippen LogP contribution in [0.5, 0.6) is 0 Å². The molecule has 0 spiro atoms. The highest BCUT2D eigenvalue weighted by Gasteiger charge is 2.35. The molecule has 82 valence electrons. The van der Waals surface area contributed by atoms with Gasteiger partial charge >= 0.3 is 6.18 Å². The number of halogens is 4. The van der Waals surface area contributed by atoms with Crippen molar-refractivity contribution in [3.8, 4) is 0 Å². The fourth-order valence-corrected chi connectivity index (χ4v) is 1.84. The van der Waals surface area contributed by atoms with Crippen molar-refractivity contribution in [1.82, 2.24) is 5.32 Å². The van der Waals surface area contributed by atoms with Crippen molar-refractivity contribution in [2.24, 2.45) is 0 Å². The van der Waals surface area contributed by atoms with Crippen LogP contribution in [0.15, 0.2) is 12.1 Å². The number of hydrogen-bond acceptors (Lipinski definition) is 1. The van der Waals surface area contributed by atoms with E-state index >= 15 is 0 Å². The number of nitrogens with one attached hydrogen (secondary N) is 1. The quantitative estimate of drug-likeness (QED) is 0.661. The zero-order chi connectivity index (χ0) is 11.1. The summed E-state index contributed by atoms with van der Waals surface area (Å²) in [5.41, 5.74) is -0.199. The van der Waals surface area contributed by atoms with Gasteiger partial charge in [-0.25, -0.2) is 4.39 Å². The van der Waals surface area contributed by atoms with Crippen LogP contribution in [-0.2, 0) is 19.1 Å². The van der Waals surface area contributed by atoms with E-state index in [9.17, 15) is 17.6 Å². The van der Waals surface area contributed by atoms with E-state index in [4.69, 9.17) is 0 Å². The molecule has 0 unspecified atom stereocenters. The van der Waals surface area contributed by atoms with Gasteiger partial charge in [-0.15, -0.1) is 0 Å². The van der Waals surface area contributed by atoms with Crippen LogP contribution in [0.2, 0.25) is 0 Å². The van der Waals surface area contributed by atoms with Crippen molar-refractivity contribution < 1.29 is 17.6 Å². The van der Waals surface area contributed by atoms with Crippen molar-refractivity contribution in [3.63, 3.8) is 0 Å². The van der Waals surface area contributed by atoms with Gasteiger partial charge in [0.1, 0.15) is 5.82 Å². The lowest BCUT2D eigenvalue weighted by Gasteiger charge is -2.21. The Kier molecular flexibility index (Phi) is 2.42. The standard InChI is InChI=1S/C10H9F4N/c11-7-3-6-5-15-2-1-8(6)9(4-7)10(12,13)14/h3-4,15H,1-2,5H2. The van der Waals surface area contributed by atoms with E-state index in [1.54, 1.807) is 0 Å². The summed E-state index contributed by atoms with van der Waals surface area (Å²) in [4.78, 5) is 0. The summed E-state index contributed by atoms with van der Waals surface area (Å²) < 4.78 is 50.7. The van der Waals surface area contributed by atoms with Crippen LogP contribution in [-0.4, -0.2) is 6.54 Å². The maximum atomic E-state index is 13.0. The van der Waals surface area contributed by atoms with Gasteiger partial charge < -0.3 is 5.32 Å². The second-order valence-electron chi connectivity index (χ2n) is 3.52. The molecule has 1 heterocycles. The van der Waals surface area contributed by atoms with Crippen molar-refractivity contribution >= 4 is 0 Å². The van der Waals surface area contributed by atoms with Gasteiger partial charge in [-0.1, -0.05) is 0 Å². The second-order valence-corrected chi connectivity index (χ2v) is 3.52. The van der Waals surface area contributed by atoms with Gasteiger partial charge in [0.25, 0.3) is 0 Å². The molecular weight excluding hydrogens is 210 g/mol. The highest BCUT2D eigenvalue weighted by atomic mass is 19.4. The molecule has 0 saturated carbocycles. The Labute approximate surface area is 84.1 Å². The van der Waals surface area contributed by atoms with E-state index in [0.717, 1.165) is 6.07 Å². The molecule has 1 aromatic carbocycles. The minimum absolute atomic E-state index is 0.225. The molecule has 2 rings (SSSR count). The van der Waals surface area contributed by atoms with E-state index < -0.39 is 17.6 Å². The van der Waals surface area contributed by atoms with Gasteiger partial charge in [0, 0.05) is 6.54 Å². The first-order chi connectivity index (χ1) is 6.98. The molecule has 1 N–H and O–H groups in total. The molecule has 1 aromatic rings. The second kappa shape index (κ2) is 3.48. The van der Waals surface area contributed by atoms with E-state index in [2.05, 4.69) is 5.32 Å².